The Hall–Kier alpha value is -2.05. The van der Waals surface area contributed by atoms with E-state index >= 15 is 0 Å². The molecule has 24 heavy (non-hydrogen) atoms. The molecule has 0 atom stereocenters. The minimum absolute atomic E-state index is 0.0797. The van der Waals surface area contributed by atoms with E-state index in [1.165, 1.54) is 6.26 Å². The van der Waals surface area contributed by atoms with Crippen LogP contribution in [0.3, 0.4) is 0 Å². The van der Waals surface area contributed by atoms with Gasteiger partial charge in [0.15, 0.2) is 0 Å². The molecule has 0 unspecified atom stereocenters. The van der Waals surface area contributed by atoms with Gasteiger partial charge >= 0.3 is 0 Å². The Morgan fingerprint density at radius 2 is 1.29 bits per heavy atom. The third-order valence-corrected chi connectivity index (χ3v) is 4.56. The molecule has 0 aliphatic carbocycles. The Kier molecular flexibility index (Phi) is 6.23. The van der Waals surface area contributed by atoms with Gasteiger partial charge in [-0.2, -0.15) is 0 Å². The summed E-state index contributed by atoms with van der Waals surface area (Å²) in [5.74, 6) is 1.67. The van der Waals surface area contributed by atoms with E-state index in [1.807, 2.05) is 48.5 Å². The van der Waals surface area contributed by atoms with E-state index < -0.39 is 10.0 Å². The third-order valence-electron chi connectivity index (χ3n) is 3.83. The summed E-state index contributed by atoms with van der Waals surface area (Å²) in [4.78, 5) is 0. The van der Waals surface area contributed by atoms with Gasteiger partial charge in [-0.3, -0.25) is 0 Å². The van der Waals surface area contributed by atoms with E-state index in [9.17, 15) is 8.42 Å². The van der Waals surface area contributed by atoms with Crippen molar-refractivity contribution in [3.8, 4) is 11.5 Å². The van der Waals surface area contributed by atoms with Crippen LogP contribution in [0.15, 0.2) is 48.5 Å². The van der Waals surface area contributed by atoms with Crippen LogP contribution in [0.4, 0.5) is 0 Å². The van der Waals surface area contributed by atoms with Crippen LogP contribution in [0.2, 0.25) is 0 Å². The summed E-state index contributed by atoms with van der Waals surface area (Å²) >= 11 is 0. The normalized spacial score (nSPS) is 11.5. The van der Waals surface area contributed by atoms with Gasteiger partial charge in [0.05, 0.1) is 20.5 Å². The number of ether oxygens (including phenoxy) is 2. The SMILES string of the molecule is COc1ccc(C(CCNS(C)(=O)=O)c2ccc(OC)cc2)cc1. The number of hydrogen-bond acceptors (Lipinski definition) is 4. The minimum Gasteiger partial charge on any atom is -0.497 e. The number of methoxy groups -OCH3 is 2. The van der Waals surface area contributed by atoms with Gasteiger partial charge in [0.1, 0.15) is 11.5 Å². The van der Waals surface area contributed by atoms with Gasteiger partial charge < -0.3 is 9.47 Å². The zero-order valence-electron chi connectivity index (χ0n) is 14.2. The molecular weight excluding hydrogens is 326 g/mol. The number of benzene rings is 2. The zero-order chi connectivity index (χ0) is 17.6. The average Bonchev–Trinajstić information content (AvgIpc) is 2.58. The van der Waals surface area contributed by atoms with Crippen molar-refractivity contribution in [3.63, 3.8) is 0 Å². The van der Waals surface area contributed by atoms with Crippen LogP contribution in [0, 0.1) is 0 Å². The molecule has 0 bridgehead atoms. The highest BCUT2D eigenvalue weighted by molar-refractivity contribution is 7.88. The third kappa shape index (κ3) is 5.25. The maximum Gasteiger partial charge on any atom is 0.208 e. The van der Waals surface area contributed by atoms with Crippen LogP contribution in [-0.2, 0) is 10.0 Å². The molecule has 0 amide bonds. The van der Waals surface area contributed by atoms with Crippen molar-refractivity contribution in [3.05, 3.63) is 59.7 Å². The lowest BCUT2D eigenvalue weighted by molar-refractivity contribution is 0.414. The predicted octanol–water partition coefficient (Wildman–Crippen LogP) is 2.78. The van der Waals surface area contributed by atoms with Crippen LogP contribution >= 0.6 is 0 Å². The molecule has 0 aromatic heterocycles. The lowest BCUT2D eigenvalue weighted by Gasteiger charge is -2.19. The van der Waals surface area contributed by atoms with E-state index in [-0.39, 0.29) is 5.92 Å². The molecule has 0 saturated heterocycles. The molecule has 0 heterocycles. The smallest absolute Gasteiger partial charge is 0.208 e. The summed E-state index contributed by atoms with van der Waals surface area (Å²) in [5, 5.41) is 0. The Balaban J connectivity index is 2.24. The molecule has 130 valence electrons. The lowest BCUT2D eigenvalue weighted by Crippen LogP contribution is -2.24. The molecule has 0 saturated carbocycles. The second-order valence-electron chi connectivity index (χ2n) is 5.55. The van der Waals surface area contributed by atoms with E-state index in [2.05, 4.69) is 4.72 Å². The zero-order valence-corrected chi connectivity index (χ0v) is 15.0. The first-order chi connectivity index (χ1) is 11.4. The van der Waals surface area contributed by atoms with Crippen molar-refractivity contribution in [2.45, 2.75) is 12.3 Å². The van der Waals surface area contributed by atoms with E-state index in [1.54, 1.807) is 14.2 Å². The number of hydrogen-bond donors (Lipinski definition) is 1. The van der Waals surface area contributed by atoms with E-state index in [0.717, 1.165) is 22.6 Å². The first-order valence-electron chi connectivity index (χ1n) is 7.65. The summed E-state index contributed by atoms with van der Waals surface area (Å²) in [6, 6.07) is 15.7. The van der Waals surface area contributed by atoms with Crippen molar-refractivity contribution in [1.82, 2.24) is 4.72 Å². The topological polar surface area (TPSA) is 64.6 Å². The molecule has 0 radical (unpaired) electrons. The fraction of sp³-hybridized carbons (Fsp3) is 0.333. The molecule has 6 heteroatoms. The largest absolute Gasteiger partial charge is 0.497 e. The van der Waals surface area contributed by atoms with Gasteiger partial charge in [-0.1, -0.05) is 24.3 Å². The number of rotatable bonds is 8. The fourth-order valence-electron chi connectivity index (χ4n) is 2.59. The lowest BCUT2D eigenvalue weighted by atomic mass is 9.88. The fourth-order valence-corrected chi connectivity index (χ4v) is 3.08. The number of nitrogens with one attached hydrogen (secondary N) is 1. The second-order valence-corrected chi connectivity index (χ2v) is 7.39. The standard InChI is InChI=1S/C18H23NO4S/c1-22-16-8-4-14(5-9-16)18(12-13-19-24(3,20)21)15-6-10-17(23-2)11-7-15/h4-11,18-19H,12-13H2,1-3H3. The van der Waals surface area contributed by atoms with Crippen LogP contribution in [0.25, 0.3) is 0 Å². The van der Waals surface area contributed by atoms with Crippen molar-refractivity contribution >= 4 is 10.0 Å². The van der Waals surface area contributed by atoms with Crippen LogP contribution < -0.4 is 14.2 Å². The molecular formula is C18H23NO4S. The van der Waals surface area contributed by atoms with Crippen molar-refractivity contribution in [2.75, 3.05) is 27.0 Å². The van der Waals surface area contributed by atoms with Gasteiger partial charge in [-0.25, -0.2) is 13.1 Å². The molecule has 2 aromatic rings. The highest BCUT2D eigenvalue weighted by atomic mass is 32.2. The first-order valence-corrected chi connectivity index (χ1v) is 9.54. The molecule has 0 aliphatic rings. The summed E-state index contributed by atoms with van der Waals surface area (Å²) in [6.07, 6.45) is 1.83. The van der Waals surface area contributed by atoms with Crippen LogP contribution in [0.5, 0.6) is 11.5 Å². The Labute approximate surface area is 143 Å². The van der Waals surface area contributed by atoms with Gasteiger partial charge in [-0.15, -0.1) is 0 Å². The minimum atomic E-state index is -3.20. The first kappa shape index (κ1) is 18.3. The second kappa shape index (κ2) is 8.17. The Morgan fingerprint density at radius 3 is 1.62 bits per heavy atom. The molecule has 0 spiro atoms. The van der Waals surface area contributed by atoms with Crippen LogP contribution in [0.1, 0.15) is 23.5 Å². The van der Waals surface area contributed by atoms with Crippen molar-refractivity contribution < 1.29 is 17.9 Å². The molecule has 0 aliphatic heterocycles. The average molecular weight is 349 g/mol. The Morgan fingerprint density at radius 1 is 0.875 bits per heavy atom. The monoisotopic (exact) mass is 349 g/mol. The highest BCUT2D eigenvalue weighted by Crippen LogP contribution is 2.30. The van der Waals surface area contributed by atoms with Crippen molar-refractivity contribution in [2.24, 2.45) is 0 Å². The van der Waals surface area contributed by atoms with Gasteiger partial charge in [0, 0.05) is 12.5 Å². The highest BCUT2D eigenvalue weighted by Gasteiger charge is 2.15. The maximum atomic E-state index is 11.3. The number of sulfonamides is 1. The van der Waals surface area contributed by atoms with Crippen LogP contribution in [-0.4, -0.2) is 35.4 Å². The van der Waals surface area contributed by atoms with E-state index in [4.69, 9.17) is 9.47 Å². The summed E-state index contributed by atoms with van der Waals surface area (Å²) in [7, 11) is 0.0664. The summed E-state index contributed by atoms with van der Waals surface area (Å²) < 4.78 is 35.6. The molecule has 1 N–H and O–H groups in total. The predicted molar refractivity (Wildman–Crippen MR) is 95.3 cm³/mol. The van der Waals surface area contributed by atoms with Gasteiger partial charge in [0.2, 0.25) is 10.0 Å². The molecule has 0 fully saturated rings. The maximum absolute atomic E-state index is 11.3. The molecule has 2 aromatic carbocycles. The molecule has 2 rings (SSSR count). The van der Waals surface area contributed by atoms with Gasteiger partial charge in [0.25, 0.3) is 0 Å². The summed E-state index contributed by atoms with van der Waals surface area (Å²) in [6.45, 7) is 0.377. The Bertz CT molecular complexity index is 692. The summed E-state index contributed by atoms with van der Waals surface area (Å²) in [5.41, 5.74) is 2.22. The van der Waals surface area contributed by atoms with E-state index in [0.29, 0.717) is 13.0 Å². The molecule has 5 nitrogen and oxygen atoms in total. The quantitative estimate of drug-likeness (QED) is 0.796. The van der Waals surface area contributed by atoms with Gasteiger partial charge in [-0.05, 0) is 41.8 Å². The van der Waals surface area contributed by atoms with Crippen molar-refractivity contribution in [1.29, 1.82) is 0 Å².